The van der Waals surface area contributed by atoms with E-state index in [1.54, 1.807) is 30.0 Å². The van der Waals surface area contributed by atoms with Crippen molar-refractivity contribution in [3.63, 3.8) is 0 Å². The zero-order chi connectivity index (χ0) is 15.4. The highest BCUT2D eigenvalue weighted by Crippen LogP contribution is 2.22. The number of thioether (sulfide) groups is 2. The molecule has 0 bridgehead atoms. The van der Waals surface area contributed by atoms with Crippen LogP contribution in [0, 0.1) is 5.82 Å². The molecule has 3 nitrogen and oxygen atoms in total. The molecule has 22 heavy (non-hydrogen) atoms. The van der Waals surface area contributed by atoms with Gasteiger partial charge in [-0.1, -0.05) is 36.0 Å². The lowest BCUT2D eigenvalue weighted by Crippen LogP contribution is -2.25. The Kier molecular flexibility index (Phi) is 4.80. The van der Waals surface area contributed by atoms with Crippen LogP contribution in [-0.4, -0.2) is 22.9 Å². The number of rotatable bonds is 3. The molecule has 1 N–H and O–H groups in total. The van der Waals surface area contributed by atoms with Crippen molar-refractivity contribution < 1.29 is 4.39 Å². The van der Waals surface area contributed by atoms with E-state index in [1.165, 1.54) is 22.7 Å². The topological polar surface area (TPSA) is 36.8 Å². The Morgan fingerprint density at radius 3 is 2.59 bits per heavy atom. The minimum atomic E-state index is -0.333. The maximum atomic E-state index is 13.6. The number of nitrogens with zero attached hydrogens (tertiary/aromatic N) is 2. The van der Waals surface area contributed by atoms with E-state index in [1.807, 2.05) is 0 Å². The van der Waals surface area contributed by atoms with Crippen molar-refractivity contribution in [2.75, 3.05) is 12.0 Å². The molecule has 1 heterocycles. The molecule has 0 saturated heterocycles. The van der Waals surface area contributed by atoms with Gasteiger partial charge in [-0.25, -0.2) is 9.38 Å². The molecule has 3 rings (SSSR count). The van der Waals surface area contributed by atoms with Gasteiger partial charge in [0.15, 0.2) is 5.17 Å². The molecule has 0 fully saturated rings. The molecular weight excluding hydrogens is 317 g/mol. The normalized spacial score (nSPS) is 16.3. The molecule has 0 aliphatic carbocycles. The number of benzene rings is 2. The third-order valence-corrected chi connectivity index (χ3v) is 4.75. The summed E-state index contributed by atoms with van der Waals surface area (Å²) in [5.74, 6) is 0.374. The lowest BCUT2D eigenvalue weighted by Gasteiger charge is -2.15. The SMILES string of the molecule is CSc1ccc(C2=NNC(=Nc3ccccc3F)SC2)cc1. The van der Waals surface area contributed by atoms with Gasteiger partial charge in [0, 0.05) is 10.6 Å². The number of nitrogens with one attached hydrogen (secondary N) is 1. The monoisotopic (exact) mass is 331 g/mol. The highest BCUT2D eigenvalue weighted by atomic mass is 32.2. The van der Waals surface area contributed by atoms with E-state index in [-0.39, 0.29) is 5.82 Å². The molecule has 6 heteroatoms. The van der Waals surface area contributed by atoms with Crippen molar-refractivity contribution in [2.45, 2.75) is 4.90 Å². The largest absolute Gasteiger partial charge is 0.255 e. The van der Waals surface area contributed by atoms with Gasteiger partial charge < -0.3 is 0 Å². The number of halogens is 1. The molecule has 112 valence electrons. The fourth-order valence-electron chi connectivity index (χ4n) is 1.96. The van der Waals surface area contributed by atoms with E-state index < -0.39 is 0 Å². The van der Waals surface area contributed by atoms with Crippen LogP contribution in [0.2, 0.25) is 0 Å². The first-order valence-electron chi connectivity index (χ1n) is 6.69. The molecular formula is C16H14FN3S2. The van der Waals surface area contributed by atoms with Gasteiger partial charge in [0.05, 0.1) is 5.71 Å². The van der Waals surface area contributed by atoms with Crippen LogP contribution in [0.15, 0.2) is 63.5 Å². The molecule has 0 amide bonds. The van der Waals surface area contributed by atoms with E-state index in [2.05, 4.69) is 46.0 Å². The number of para-hydroxylation sites is 1. The zero-order valence-corrected chi connectivity index (χ0v) is 13.5. The number of hydrazone groups is 1. The van der Waals surface area contributed by atoms with Gasteiger partial charge >= 0.3 is 0 Å². The van der Waals surface area contributed by atoms with Gasteiger partial charge in [0.1, 0.15) is 11.5 Å². The summed E-state index contributed by atoms with van der Waals surface area (Å²) in [6, 6.07) is 14.7. The van der Waals surface area contributed by atoms with E-state index in [4.69, 9.17) is 0 Å². The lowest BCUT2D eigenvalue weighted by atomic mass is 10.1. The summed E-state index contributed by atoms with van der Waals surface area (Å²) >= 11 is 3.23. The third kappa shape index (κ3) is 3.51. The predicted octanol–water partition coefficient (Wildman–Crippen LogP) is 4.28. The summed E-state index contributed by atoms with van der Waals surface area (Å²) in [7, 11) is 0. The van der Waals surface area contributed by atoms with Gasteiger partial charge in [0.2, 0.25) is 0 Å². The Labute approximate surface area is 137 Å². The van der Waals surface area contributed by atoms with Crippen LogP contribution in [0.4, 0.5) is 10.1 Å². The van der Waals surface area contributed by atoms with Crippen LogP contribution < -0.4 is 5.43 Å². The summed E-state index contributed by atoms with van der Waals surface area (Å²) in [5.41, 5.74) is 5.27. The van der Waals surface area contributed by atoms with Crippen molar-refractivity contribution in [3.05, 3.63) is 59.9 Å². The van der Waals surface area contributed by atoms with E-state index in [0.717, 1.165) is 11.3 Å². The number of hydrogen-bond donors (Lipinski definition) is 1. The first kappa shape index (κ1) is 15.1. The second-order valence-electron chi connectivity index (χ2n) is 4.56. The van der Waals surface area contributed by atoms with Crippen molar-refractivity contribution in [1.82, 2.24) is 5.43 Å². The lowest BCUT2D eigenvalue weighted by molar-refractivity contribution is 0.630. The maximum absolute atomic E-state index is 13.6. The third-order valence-electron chi connectivity index (χ3n) is 3.13. The van der Waals surface area contributed by atoms with Crippen molar-refractivity contribution >= 4 is 40.1 Å². The number of aliphatic imine (C=N–C) groups is 1. The van der Waals surface area contributed by atoms with Crippen LogP contribution in [0.5, 0.6) is 0 Å². The van der Waals surface area contributed by atoms with E-state index in [0.29, 0.717) is 16.6 Å². The minimum Gasteiger partial charge on any atom is -0.255 e. The molecule has 0 saturated carbocycles. The summed E-state index contributed by atoms with van der Waals surface area (Å²) in [4.78, 5) is 5.48. The van der Waals surface area contributed by atoms with Gasteiger partial charge in [-0.2, -0.15) is 5.10 Å². The van der Waals surface area contributed by atoms with Crippen LogP contribution in [0.3, 0.4) is 0 Å². The van der Waals surface area contributed by atoms with Gasteiger partial charge in [-0.05, 0) is 36.1 Å². The van der Waals surface area contributed by atoms with Gasteiger partial charge in [-0.3, -0.25) is 5.43 Å². The highest BCUT2D eigenvalue weighted by Gasteiger charge is 2.13. The summed E-state index contributed by atoms with van der Waals surface area (Å²) in [6.07, 6.45) is 2.05. The van der Waals surface area contributed by atoms with E-state index in [9.17, 15) is 4.39 Å². The molecule has 0 aromatic heterocycles. The molecule has 0 radical (unpaired) electrons. The second-order valence-corrected chi connectivity index (χ2v) is 6.40. The first-order chi connectivity index (χ1) is 10.8. The maximum Gasteiger partial charge on any atom is 0.182 e. The minimum absolute atomic E-state index is 0.320. The molecule has 0 spiro atoms. The fourth-order valence-corrected chi connectivity index (χ4v) is 3.14. The molecule has 1 aliphatic rings. The van der Waals surface area contributed by atoms with Crippen LogP contribution in [0.25, 0.3) is 0 Å². The van der Waals surface area contributed by atoms with Gasteiger partial charge in [-0.15, -0.1) is 11.8 Å². The Bertz CT molecular complexity index is 726. The van der Waals surface area contributed by atoms with Gasteiger partial charge in [0.25, 0.3) is 0 Å². The van der Waals surface area contributed by atoms with E-state index >= 15 is 0 Å². The summed E-state index contributed by atoms with van der Waals surface area (Å²) in [5, 5.41) is 4.95. The Balaban J connectivity index is 1.75. The van der Waals surface area contributed by atoms with Crippen LogP contribution in [0.1, 0.15) is 5.56 Å². The fraction of sp³-hybridized carbons (Fsp3) is 0.125. The van der Waals surface area contributed by atoms with Crippen LogP contribution >= 0.6 is 23.5 Å². The molecule has 2 aromatic carbocycles. The average Bonchev–Trinajstić information content (AvgIpc) is 2.58. The zero-order valence-electron chi connectivity index (χ0n) is 11.9. The molecule has 0 unspecified atom stereocenters. The Hall–Kier alpha value is -1.79. The second kappa shape index (κ2) is 6.98. The summed E-state index contributed by atoms with van der Waals surface area (Å²) in [6.45, 7) is 0. The first-order valence-corrected chi connectivity index (χ1v) is 8.90. The molecule has 2 aromatic rings. The average molecular weight is 331 g/mol. The predicted molar refractivity (Wildman–Crippen MR) is 93.8 cm³/mol. The van der Waals surface area contributed by atoms with Crippen molar-refractivity contribution in [3.8, 4) is 0 Å². The van der Waals surface area contributed by atoms with Crippen LogP contribution in [-0.2, 0) is 0 Å². The standard InChI is InChI=1S/C16H14FN3S2/c1-21-12-8-6-11(7-9-12)15-10-22-16(20-19-15)18-14-5-3-2-4-13(14)17/h2-9H,10H2,1H3,(H,18,20). The smallest absolute Gasteiger partial charge is 0.182 e. The highest BCUT2D eigenvalue weighted by molar-refractivity contribution is 8.14. The molecule has 1 aliphatic heterocycles. The number of amidine groups is 1. The van der Waals surface area contributed by atoms with Crippen molar-refractivity contribution in [1.29, 1.82) is 0 Å². The Morgan fingerprint density at radius 1 is 1.18 bits per heavy atom. The summed E-state index contributed by atoms with van der Waals surface area (Å²) < 4.78 is 13.6. The number of hydrogen-bond acceptors (Lipinski definition) is 4. The quantitative estimate of drug-likeness (QED) is 0.853. The van der Waals surface area contributed by atoms with Crippen molar-refractivity contribution in [2.24, 2.45) is 10.1 Å². The Morgan fingerprint density at radius 2 is 1.95 bits per heavy atom. The molecule has 0 atom stereocenters.